The Hall–Kier alpha value is -0.141. The van der Waals surface area contributed by atoms with Gasteiger partial charge in [-0.05, 0) is 0 Å². The van der Waals surface area contributed by atoms with Crippen molar-refractivity contribution in [3.63, 3.8) is 0 Å². The fourth-order valence-corrected chi connectivity index (χ4v) is 0. The first kappa shape index (κ1) is 20.9. The quantitative estimate of drug-likeness (QED) is 0.403. The summed E-state index contributed by atoms with van der Waals surface area (Å²) in [4.78, 5) is 16.0. The van der Waals surface area contributed by atoms with Gasteiger partial charge in [0.2, 0.25) is 0 Å². The maximum atomic E-state index is 8.00. The first-order chi connectivity index (χ1) is 2.00. The van der Waals surface area contributed by atoms with Crippen molar-refractivity contribution in [2.45, 2.75) is 0 Å². The van der Waals surface area contributed by atoms with Gasteiger partial charge in [-0.2, -0.15) is 0 Å². The fourth-order valence-electron chi connectivity index (χ4n) is 0. The van der Waals surface area contributed by atoms with Crippen LogP contribution >= 0.6 is 0 Å². The first-order valence-corrected chi connectivity index (χ1v) is 0.577. The molecule has 0 saturated heterocycles. The van der Waals surface area contributed by atoms with Crippen LogP contribution in [0.5, 0.6) is 0 Å². The van der Waals surface area contributed by atoms with Crippen molar-refractivity contribution in [2.24, 2.45) is 0 Å². The minimum absolute atomic E-state index is 0. The number of carbonyl (C=O) groups excluding carboxylic acids is 2. The van der Waals surface area contributed by atoms with Gasteiger partial charge in [0, 0.05) is 17.1 Å². The van der Waals surface area contributed by atoms with Crippen LogP contribution < -0.4 is 0 Å². The van der Waals surface area contributed by atoms with Gasteiger partial charge >= 0.3 is 0 Å². The van der Waals surface area contributed by atoms with Crippen molar-refractivity contribution in [1.29, 1.82) is 0 Å². The second-order valence-electron chi connectivity index (χ2n) is 0. The normalized spacial score (nSPS) is 1.60. The van der Waals surface area contributed by atoms with Crippen molar-refractivity contribution < 1.29 is 26.7 Å². The predicted octanol–water partition coefficient (Wildman–Crippen LogP) is -0.372. The molecule has 2 nitrogen and oxygen atoms in total. The van der Waals surface area contributed by atoms with E-state index < -0.39 is 0 Å². The SMILES string of the molecule is C=O.C=O.[Mn]. The molecule has 0 aromatic rings. The van der Waals surface area contributed by atoms with E-state index in [9.17, 15) is 0 Å². The summed E-state index contributed by atoms with van der Waals surface area (Å²) in [5.74, 6) is 0. The predicted molar refractivity (Wildman–Crippen MR) is 14.2 cm³/mol. The van der Waals surface area contributed by atoms with Crippen LogP contribution in [-0.2, 0) is 26.7 Å². The Labute approximate surface area is 41.0 Å². The zero-order valence-corrected chi connectivity index (χ0v) is 3.79. The molecule has 0 aromatic heterocycles. The molecule has 0 rings (SSSR count). The molecule has 0 fully saturated rings. The van der Waals surface area contributed by atoms with Crippen molar-refractivity contribution in [2.75, 3.05) is 0 Å². The van der Waals surface area contributed by atoms with Gasteiger partial charge in [-0.15, -0.1) is 0 Å². The van der Waals surface area contributed by atoms with Gasteiger partial charge in [0.1, 0.15) is 13.6 Å². The third-order valence-corrected chi connectivity index (χ3v) is 0. The van der Waals surface area contributed by atoms with Crippen LogP contribution in [0.4, 0.5) is 0 Å². The van der Waals surface area contributed by atoms with E-state index in [4.69, 9.17) is 9.59 Å². The molecule has 0 saturated carbocycles. The minimum Gasteiger partial charge on any atom is -0.307 e. The van der Waals surface area contributed by atoms with E-state index in [0.717, 1.165) is 0 Å². The standard InChI is InChI=1S/2CH2O.Mn/c2*1-2;/h2*1H2;. The average molecular weight is 115 g/mol. The Morgan fingerprint density at radius 2 is 0.800 bits per heavy atom. The topological polar surface area (TPSA) is 34.1 Å². The molecule has 1 radical (unpaired) electrons. The molecule has 0 N–H and O–H groups in total. The molecule has 0 aliphatic rings. The summed E-state index contributed by atoms with van der Waals surface area (Å²) in [6.45, 7) is 4.00. The van der Waals surface area contributed by atoms with E-state index in [2.05, 4.69) is 0 Å². The van der Waals surface area contributed by atoms with E-state index in [1.807, 2.05) is 13.6 Å². The molecule has 3 heteroatoms. The maximum Gasteiger partial charge on any atom is 0.106 e. The molecule has 0 heterocycles. The van der Waals surface area contributed by atoms with Gasteiger partial charge in [0.05, 0.1) is 0 Å². The Kier molecular flexibility index (Phi) is 6690. The summed E-state index contributed by atoms with van der Waals surface area (Å²) in [7, 11) is 0. The fraction of sp³-hybridized carbons (Fsp3) is 0. The van der Waals surface area contributed by atoms with Crippen molar-refractivity contribution in [3.05, 3.63) is 0 Å². The van der Waals surface area contributed by atoms with Crippen LogP contribution in [-0.4, -0.2) is 13.6 Å². The van der Waals surface area contributed by atoms with Gasteiger partial charge < -0.3 is 9.59 Å². The van der Waals surface area contributed by atoms with E-state index in [-0.39, 0.29) is 17.1 Å². The molecular formula is C2H4MnO2. The summed E-state index contributed by atoms with van der Waals surface area (Å²) >= 11 is 0. The van der Waals surface area contributed by atoms with Crippen molar-refractivity contribution in [3.8, 4) is 0 Å². The molecular weight excluding hydrogens is 111 g/mol. The first-order valence-electron chi connectivity index (χ1n) is 0.577. The maximum absolute atomic E-state index is 8.00. The summed E-state index contributed by atoms with van der Waals surface area (Å²) in [5.41, 5.74) is 0. The molecule has 0 atom stereocenters. The van der Waals surface area contributed by atoms with E-state index in [1.165, 1.54) is 0 Å². The van der Waals surface area contributed by atoms with Crippen LogP contribution in [0.1, 0.15) is 0 Å². The second kappa shape index (κ2) is 1600. The molecule has 5 heavy (non-hydrogen) atoms. The minimum atomic E-state index is 0. The molecule has 0 amide bonds. The number of rotatable bonds is 0. The van der Waals surface area contributed by atoms with Gasteiger partial charge in [-0.1, -0.05) is 0 Å². The van der Waals surface area contributed by atoms with Gasteiger partial charge in [0.25, 0.3) is 0 Å². The van der Waals surface area contributed by atoms with Gasteiger partial charge in [0.15, 0.2) is 0 Å². The Morgan fingerprint density at radius 3 is 0.800 bits per heavy atom. The summed E-state index contributed by atoms with van der Waals surface area (Å²) in [6.07, 6.45) is 0. The number of hydrogen-bond donors (Lipinski definition) is 0. The van der Waals surface area contributed by atoms with Gasteiger partial charge in [-0.3, -0.25) is 0 Å². The molecule has 0 aromatic carbocycles. The number of hydrogen-bond acceptors (Lipinski definition) is 2. The molecule has 0 bridgehead atoms. The van der Waals surface area contributed by atoms with Crippen LogP contribution in [0.15, 0.2) is 0 Å². The molecule has 0 aliphatic carbocycles. The molecule has 0 spiro atoms. The van der Waals surface area contributed by atoms with Crippen LogP contribution in [0.3, 0.4) is 0 Å². The van der Waals surface area contributed by atoms with E-state index in [1.54, 1.807) is 0 Å². The molecule has 0 aliphatic heterocycles. The van der Waals surface area contributed by atoms with Crippen molar-refractivity contribution in [1.82, 2.24) is 0 Å². The smallest absolute Gasteiger partial charge is 0.106 e. The third kappa shape index (κ3) is 676. The molecule has 0 unspecified atom stereocenters. The second-order valence-corrected chi connectivity index (χ2v) is 0. The summed E-state index contributed by atoms with van der Waals surface area (Å²) < 4.78 is 0. The van der Waals surface area contributed by atoms with E-state index in [0.29, 0.717) is 0 Å². The summed E-state index contributed by atoms with van der Waals surface area (Å²) in [6, 6.07) is 0. The summed E-state index contributed by atoms with van der Waals surface area (Å²) in [5, 5.41) is 0. The van der Waals surface area contributed by atoms with Crippen LogP contribution in [0.2, 0.25) is 0 Å². The molecule has 31 valence electrons. The Bertz CT molecular complexity index is 9.61. The zero-order chi connectivity index (χ0) is 4.00. The number of carbonyl (C=O) groups is 2. The third-order valence-electron chi connectivity index (χ3n) is 0. The monoisotopic (exact) mass is 115 g/mol. The Morgan fingerprint density at radius 1 is 0.800 bits per heavy atom. The van der Waals surface area contributed by atoms with Crippen molar-refractivity contribution >= 4 is 13.6 Å². The average Bonchev–Trinajstić information content (AvgIpc) is 1.50. The van der Waals surface area contributed by atoms with E-state index >= 15 is 0 Å². The van der Waals surface area contributed by atoms with Gasteiger partial charge in [-0.25, -0.2) is 0 Å². The zero-order valence-electron chi connectivity index (χ0n) is 2.61. The van der Waals surface area contributed by atoms with Crippen LogP contribution in [0.25, 0.3) is 0 Å². The Balaban J connectivity index is -0.0000000133. The van der Waals surface area contributed by atoms with Crippen LogP contribution in [0, 0.1) is 0 Å². The largest absolute Gasteiger partial charge is 0.307 e.